The summed E-state index contributed by atoms with van der Waals surface area (Å²) in [6, 6.07) is 6.82. The van der Waals surface area contributed by atoms with Crippen molar-refractivity contribution in [2.75, 3.05) is 6.54 Å². The molecule has 0 aliphatic heterocycles. The van der Waals surface area contributed by atoms with Gasteiger partial charge in [0.25, 0.3) is 0 Å². The first-order valence-corrected chi connectivity index (χ1v) is 7.90. The van der Waals surface area contributed by atoms with E-state index in [0.29, 0.717) is 17.7 Å². The van der Waals surface area contributed by atoms with Gasteiger partial charge in [-0.1, -0.05) is 12.1 Å². The summed E-state index contributed by atoms with van der Waals surface area (Å²) in [6.45, 7) is 4.72. The van der Waals surface area contributed by atoms with Crippen LogP contribution in [-0.4, -0.2) is 26.1 Å². The molecular weight excluding hydrogens is 282 g/mol. The number of nitrogens with two attached hydrogens (primary N) is 1. The average Bonchev–Trinajstić information content (AvgIpc) is 2.27. The van der Waals surface area contributed by atoms with Crippen molar-refractivity contribution in [3.8, 4) is 0 Å². The lowest BCUT2D eigenvalue weighted by Crippen LogP contribution is -2.40. The molecule has 1 aromatic rings. The molecule has 0 bridgehead atoms. The van der Waals surface area contributed by atoms with E-state index in [0.717, 1.165) is 12.0 Å². The highest BCUT2D eigenvalue weighted by molar-refractivity contribution is 7.89. The molecule has 0 amide bonds. The Bertz CT molecular complexity index is 524. The minimum Gasteiger partial charge on any atom is -0.362 e. The SMILES string of the molecule is CC(C)NC(=S)NCCc1ccc(S(N)(=O)=O)cc1. The van der Waals surface area contributed by atoms with Crippen LogP contribution in [0.15, 0.2) is 29.2 Å². The van der Waals surface area contributed by atoms with E-state index >= 15 is 0 Å². The van der Waals surface area contributed by atoms with Gasteiger partial charge in [-0.2, -0.15) is 0 Å². The molecule has 0 aliphatic carbocycles. The van der Waals surface area contributed by atoms with Crippen LogP contribution in [0.1, 0.15) is 19.4 Å². The van der Waals surface area contributed by atoms with Crippen LogP contribution in [0.4, 0.5) is 0 Å². The summed E-state index contributed by atoms with van der Waals surface area (Å²) in [6.07, 6.45) is 0.755. The summed E-state index contributed by atoms with van der Waals surface area (Å²) < 4.78 is 22.2. The number of primary sulfonamides is 1. The zero-order valence-electron chi connectivity index (χ0n) is 11.0. The second-order valence-electron chi connectivity index (χ2n) is 4.49. The summed E-state index contributed by atoms with van der Waals surface area (Å²) in [5.74, 6) is 0. The van der Waals surface area contributed by atoms with Gasteiger partial charge in [-0.3, -0.25) is 0 Å². The van der Waals surface area contributed by atoms with E-state index in [4.69, 9.17) is 17.4 Å². The first kappa shape index (κ1) is 15.9. The number of sulfonamides is 1. The van der Waals surface area contributed by atoms with Crippen LogP contribution in [0.2, 0.25) is 0 Å². The van der Waals surface area contributed by atoms with Crippen LogP contribution in [-0.2, 0) is 16.4 Å². The molecule has 4 N–H and O–H groups in total. The van der Waals surface area contributed by atoms with Gasteiger partial charge in [-0.05, 0) is 50.2 Å². The Balaban J connectivity index is 2.45. The number of hydrogen-bond acceptors (Lipinski definition) is 3. The molecule has 0 heterocycles. The maximum Gasteiger partial charge on any atom is 0.238 e. The molecule has 0 aromatic heterocycles. The number of rotatable bonds is 5. The monoisotopic (exact) mass is 301 g/mol. The second kappa shape index (κ2) is 6.83. The molecular formula is C12H19N3O2S2. The lowest BCUT2D eigenvalue weighted by Gasteiger charge is -2.13. The molecule has 5 nitrogen and oxygen atoms in total. The van der Waals surface area contributed by atoms with Gasteiger partial charge in [0.1, 0.15) is 0 Å². The zero-order valence-corrected chi connectivity index (χ0v) is 12.6. The highest BCUT2D eigenvalue weighted by atomic mass is 32.2. The average molecular weight is 301 g/mol. The number of nitrogens with one attached hydrogen (secondary N) is 2. The molecule has 0 radical (unpaired) electrons. The summed E-state index contributed by atoms with van der Waals surface area (Å²) in [4.78, 5) is 0.126. The molecule has 0 fully saturated rings. The number of thiocarbonyl (C=S) groups is 1. The van der Waals surface area contributed by atoms with Crippen molar-refractivity contribution >= 4 is 27.4 Å². The van der Waals surface area contributed by atoms with Crippen LogP contribution < -0.4 is 15.8 Å². The van der Waals surface area contributed by atoms with Crippen LogP contribution in [0.5, 0.6) is 0 Å². The smallest absolute Gasteiger partial charge is 0.238 e. The summed E-state index contributed by atoms with van der Waals surface area (Å²) in [5, 5.41) is 11.8. The fourth-order valence-electron chi connectivity index (χ4n) is 1.48. The quantitative estimate of drug-likeness (QED) is 0.699. The minimum atomic E-state index is -3.61. The molecule has 106 valence electrons. The Hall–Kier alpha value is -1.18. The van der Waals surface area contributed by atoms with Crippen molar-refractivity contribution in [1.29, 1.82) is 0 Å². The third-order valence-corrected chi connectivity index (χ3v) is 3.56. The topological polar surface area (TPSA) is 84.2 Å². The van der Waals surface area contributed by atoms with Gasteiger partial charge in [0, 0.05) is 12.6 Å². The molecule has 7 heteroatoms. The normalized spacial score (nSPS) is 11.4. The fraction of sp³-hybridized carbons (Fsp3) is 0.417. The Kier molecular flexibility index (Phi) is 5.71. The molecule has 0 unspecified atom stereocenters. The zero-order chi connectivity index (χ0) is 14.5. The van der Waals surface area contributed by atoms with E-state index in [1.165, 1.54) is 12.1 Å². The van der Waals surface area contributed by atoms with E-state index in [1.807, 2.05) is 13.8 Å². The standard InChI is InChI=1S/C12H19N3O2S2/c1-9(2)15-12(18)14-8-7-10-3-5-11(6-4-10)19(13,16)17/h3-6,9H,7-8H2,1-2H3,(H2,13,16,17)(H2,14,15,18). The van der Waals surface area contributed by atoms with Crippen molar-refractivity contribution in [1.82, 2.24) is 10.6 Å². The lowest BCUT2D eigenvalue weighted by molar-refractivity contribution is 0.598. The van der Waals surface area contributed by atoms with Crippen LogP contribution in [0.25, 0.3) is 0 Å². The highest BCUT2D eigenvalue weighted by Gasteiger charge is 2.06. The third-order valence-electron chi connectivity index (χ3n) is 2.37. The maximum absolute atomic E-state index is 11.1. The molecule has 0 atom stereocenters. The number of benzene rings is 1. The van der Waals surface area contributed by atoms with Crippen molar-refractivity contribution in [3.63, 3.8) is 0 Å². The van der Waals surface area contributed by atoms with Crippen molar-refractivity contribution in [2.45, 2.75) is 31.2 Å². The Morgan fingerprint density at radius 1 is 1.32 bits per heavy atom. The highest BCUT2D eigenvalue weighted by Crippen LogP contribution is 2.08. The van der Waals surface area contributed by atoms with E-state index in [2.05, 4.69) is 10.6 Å². The molecule has 0 spiro atoms. The summed E-state index contributed by atoms with van der Waals surface area (Å²) in [5.41, 5.74) is 1.02. The Morgan fingerprint density at radius 3 is 2.37 bits per heavy atom. The first-order valence-electron chi connectivity index (χ1n) is 5.95. The molecule has 0 aliphatic rings. The predicted octanol–water partition coefficient (Wildman–Crippen LogP) is 0.749. The van der Waals surface area contributed by atoms with Gasteiger partial charge >= 0.3 is 0 Å². The predicted molar refractivity (Wildman–Crippen MR) is 80.4 cm³/mol. The largest absolute Gasteiger partial charge is 0.362 e. The summed E-state index contributed by atoms with van der Waals surface area (Å²) in [7, 11) is -3.61. The van der Waals surface area contributed by atoms with Crippen LogP contribution >= 0.6 is 12.2 Å². The lowest BCUT2D eigenvalue weighted by atomic mass is 10.1. The fourth-order valence-corrected chi connectivity index (χ4v) is 2.33. The van der Waals surface area contributed by atoms with Crippen LogP contribution in [0, 0.1) is 0 Å². The molecule has 0 saturated heterocycles. The molecule has 1 rings (SSSR count). The molecule has 0 saturated carbocycles. The molecule has 1 aromatic carbocycles. The van der Waals surface area contributed by atoms with E-state index in [9.17, 15) is 8.42 Å². The van der Waals surface area contributed by atoms with Gasteiger partial charge in [0.05, 0.1) is 4.90 Å². The summed E-state index contributed by atoms with van der Waals surface area (Å²) >= 11 is 5.10. The third kappa shape index (κ3) is 6.00. The molecule has 19 heavy (non-hydrogen) atoms. The van der Waals surface area contributed by atoms with E-state index < -0.39 is 10.0 Å². The van der Waals surface area contributed by atoms with E-state index in [-0.39, 0.29) is 4.90 Å². The van der Waals surface area contributed by atoms with Crippen molar-refractivity contribution in [2.24, 2.45) is 5.14 Å². The van der Waals surface area contributed by atoms with Gasteiger partial charge in [0.2, 0.25) is 10.0 Å². The van der Waals surface area contributed by atoms with Gasteiger partial charge in [-0.15, -0.1) is 0 Å². The number of hydrogen-bond donors (Lipinski definition) is 3. The van der Waals surface area contributed by atoms with Crippen molar-refractivity contribution in [3.05, 3.63) is 29.8 Å². The van der Waals surface area contributed by atoms with Gasteiger partial charge < -0.3 is 10.6 Å². The second-order valence-corrected chi connectivity index (χ2v) is 6.46. The Morgan fingerprint density at radius 2 is 1.89 bits per heavy atom. The first-order chi connectivity index (χ1) is 8.79. The maximum atomic E-state index is 11.1. The Labute approximate surface area is 119 Å². The van der Waals surface area contributed by atoms with Crippen LogP contribution in [0.3, 0.4) is 0 Å². The van der Waals surface area contributed by atoms with Gasteiger partial charge in [-0.25, -0.2) is 13.6 Å². The van der Waals surface area contributed by atoms with Gasteiger partial charge in [0.15, 0.2) is 5.11 Å². The van der Waals surface area contributed by atoms with E-state index in [1.54, 1.807) is 12.1 Å². The minimum absolute atomic E-state index is 0.126. The van der Waals surface area contributed by atoms with Crippen molar-refractivity contribution < 1.29 is 8.42 Å².